The molecule has 3 N–H and O–H groups in total. The van der Waals surface area contributed by atoms with Crippen LogP contribution in [0.15, 0.2) is 6.20 Å². The highest BCUT2D eigenvalue weighted by atomic mass is 32.1. The summed E-state index contributed by atoms with van der Waals surface area (Å²) in [5.41, 5.74) is 6.28. The largest absolute Gasteiger partial charge is 0.373 e. The van der Waals surface area contributed by atoms with Crippen LogP contribution in [-0.2, 0) is 14.3 Å². The molecule has 8 nitrogen and oxygen atoms in total. The van der Waals surface area contributed by atoms with Crippen molar-refractivity contribution in [1.82, 2.24) is 14.8 Å². The van der Waals surface area contributed by atoms with Gasteiger partial charge in [0, 0.05) is 38.7 Å². The van der Waals surface area contributed by atoms with Crippen molar-refractivity contribution in [3.63, 3.8) is 0 Å². The maximum absolute atomic E-state index is 14.4. The summed E-state index contributed by atoms with van der Waals surface area (Å²) in [7, 11) is 0. The van der Waals surface area contributed by atoms with Gasteiger partial charge in [-0.3, -0.25) is 14.5 Å². The van der Waals surface area contributed by atoms with E-state index in [0.717, 1.165) is 25.7 Å². The topological polar surface area (TPSA) is 101 Å². The van der Waals surface area contributed by atoms with E-state index in [2.05, 4.69) is 22.1 Å². The van der Waals surface area contributed by atoms with E-state index in [1.807, 2.05) is 13.8 Å². The molecule has 2 saturated heterocycles. The number of halogens is 2. The van der Waals surface area contributed by atoms with Crippen LogP contribution >= 0.6 is 11.3 Å². The summed E-state index contributed by atoms with van der Waals surface area (Å²) >= 11 is 1.22. The summed E-state index contributed by atoms with van der Waals surface area (Å²) < 4.78 is 34.5. The van der Waals surface area contributed by atoms with Crippen LogP contribution in [0.2, 0.25) is 0 Å². The fourth-order valence-electron chi connectivity index (χ4n) is 5.70. The first kappa shape index (κ1) is 27.3. The number of rotatable bonds is 7. The molecule has 3 aliphatic rings. The molecule has 1 aromatic rings. The number of alkyl halides is 2. The molecule has 2 unspecified atom stereocenters. The SMILES string of the molecule is CC1CCC(C(N)C(=O)Nc2ncc(C(CN3C[C@@H](C)O[C@H](C)C3)N3CC(F)(F)CCC3=O)s2)CC1. The number of ether oxygens (including phenoxy) is 1. The predicted molar refractivity (Wildman–Crippen MR) is 135 cm³/mol. The van der Waals surface area contributed by atoms with Crippen LogP contribution in [0.3, 0.4) is 0 Å². The first-order valence-corrected chi connectivity index (χ1v) is 13.9. The van der Waals surface area contributed by atoms with Gasteiger partial charge in [0.15, 0.2) is 5.13 Å². The lowest BCUT2D eigenvalue weighted by molar-refractivity contribution is -0.153. The predicted octanol–water partition coefficient (Wildman–Crippen LogP) is 3.64. The zero-order chi connectivity index (χ0) is 26.0. The molecule has 1 aliphatic carbocycles. The van der Waals surface area contributed by atoms with Gasteiger partial charge in [-0.25, -0.2) is 13.8 Å². The summed E-state index contributed by atoms with van der Waals surface area (Å²) in [5, 5.41) is 3.21. The second-order valence-corrected chi connectivity index (χ2v) is 12.0. The highest BCUT2D eigenvalue weighted by molar-refractivity contribution is 7.15. The van der Waals surface area contributed by atoms with Crippen molar-refractivity contribution in [2.75, 3.05) is 31.5 Å². The van der Waals surface area contributed by atoms with Crippen LogP contribution in [0.25, 0.3) is 0 Å². The molecule has 11 heteroatoms. The van der Waals surface area contributed by atoms with Gasteiger partial charge in [-0.15, -0.1) is 0 Å². The summed E-state index contributed by atoms with van der Waals surface area (Å²) in [6, 6.07) is -1.20. The van der Waals surface area contributed by atoms with E-state index in [-0.39, 0.29) is 36.4 Å². The molecule has 3 heterocycles. The van der Waals surface area contributed by atoms with Gasteiger partial charge in [-0.05, 0) is 38.5 Å². The van der Waals surface area contributed by atoms with Gasteiger partial charge in [-0.1, -0.05) is 31.1 Å². The van der Waals surface area contributed by atoms with Crippen LogP contribution in [0.1, 0.15) is 70.2 Å². The van der Waals surface area contributed by atoms with E-state index in [4.69, 9.17) is 10.5 Å². The van der Waals surface area contributed by atoms with E-state index < -0.39 is 31.0 Å². The first-order chi connectivity index (χ1) is 17.0. The number of hydrogen-bond acceptors (Lipinski definition) is 7. The highest BCUT2D eigenvalue weighted by Gasteiger charge is 2.43. The second kappa shape index (κ2) is 11.4. The van der Waals surface area contributed by atoms with E-state index in [0.29, 0.717) is 35.6 Å². The summed E-state index contributed by atoms with van der Waals surface area (Å²) in [6.07, 6.45) is 5.00. The van der Waals surface area contributed by atoms with Crippen LogP contribution in [0.5, 0.6) is 0 Å². The van der Waals surface area contributed by atoms with Crippen LogP contribution in [-0.4, -0.2) is 76.9 Å². The number of carbonyl (C=O) groups excluding carboxylic acids is 2. The fourth-order valence-corrected chi connectivity index (χ4v) is 6.62. The van der Waals surface area contributed by atoms with Gasteiger partial charge in [-0.2, -0.15) is 0 Å². The molecule has 1 aromatic heterocycles. The molecule has 1 saturated carbocycles. The number of nitrogens with zero attached hydrogens (tertiary/aromatic N) is 3. The number of hydrogen-bond donors (Lipinski definition) is 2. The van der Waals surface area contributed by atoms with Crippen molar-refractivity contribution >= 4 is 28.3 Å². The van der Waals surface area contributed by atoms with Gasteiger partial charge in [0.2, 0.25) is 11.8 Å². The zero-order valence-corrected chi connectivity index (χ0v) is 22.2. The Bertz CT molecular complexity index is 913. The molecule has 4 atom stereocenters. The Hall–Kier alpha value is -1.69. The number of anilines is 1. The number of aromatic nitrogens is 1. The molecule has 3 fully saturated rings. The molecule has 202 valence electrons. The number of piperidine rings is 1. The number of nitrogens with one attached hydrogen (secondary N) is 1. The lowest BCUT2D eigenvalue weighted by atomic mass is 9.79. The van der Waals surface area contributed by atoms with Crippen LogP contribution in [0, 0.1) is 11.8 Å². The monoisotopic (exact) mass is 527 g/mol. The van der Waals surface area contributed by atoms with Crippen molar-refractivity contribution in [2.24, 2.45) is 17.6 Å². The van der Waals surface area contributed by atoms with E-state index in [9.17, 15) is 18.4 Å². The molecule has 0 spiro atoms. The Balaban J connectivity index is 1.49. The van der Waals surface area contributed by atoms with Crippen molar-refractivity contribution in [1.29, 1.82) is 0 Å². The third-order valence-corrected chi connectivity index (χ3v) is 8.70. The third kappa shape index (κ3) is 6.79. The molecular formula is C25H39F2N5O3S. The average molecular weight is 528 g/mol. The van der Waals surface area contributed by atoms with Gasteiger partial charge in [0.1, 0.15) is 0 Å². The smallest absolute Gasteiger partial charge is 0.265 e. The summed E-state index contributed by atoms with van der Waals surface area (Å²) in [6.45, 7) is 7.26. The molecule has 0 radical (unpaired) electrons. The Morgan fingerprint density at radius 1 is 1.25 bits per heavy atom. The third-order valence-electron chi connectivity index (χ3n) is 7.68. The number of morpholine rings is 1. The van der Waals surface area contributed by atoms with Crippen molar-refractivity contribution < 1.29 is 23.1 Å². The highest BCUT2D eigenvalue weighted by Crippen LogP contribution is 2.37. The van der Waals surface area contributed by atoms with Crippen LogP contribution in [0.4, 0.5) is 13.9 Å². The van der Waals surface area contributed by atoms with E-state index >= 15 is 0 Å². The minimum absolute atomic E-state index is 0.00784. The van der Waals surface area contributed by atoms with Gasteiger partial charge < -0.3 is 20.7 Å². The van der Waals surface area contributed by atoms with Crippen LogP contribution < -0.4 is 11.1 Å². The maximum atomic E-state index is 14.4. The maximum Gasteiger partial charge on any atom is 0.265 e. The molecule has 36 heavy (non-hydrogen) atoms. The zero-order valence-electron chi connectivity index (χ0n) is 21.4. The number of amides is 2. The molecule has 4 rings (SSSR count). The van der Waals surface area contributed by atoms with Gasteiger partial charge >= 0.3 is 0 Å². The minimum atomic E-state index is -2.93. The lowest BCUT2D eigenvalue weighted by Crippen LogP contribution is -2.53. The standard InChI is InChI=1S/C25H39F2N5O3S/c1-15-4-6-18(7-5-15)22(28)23(34)30-24-29-10-20(36-24)19(13-31-11-16(2)35-17(3)12-31)32-14-25(26,27)9-8-21(32)33/h10,15-19,22H,4-9,11-14,28H2,1-3H3,(H,29,30,34)/t15?,16-,17-,18?,19?,22?/m1/s1. The summed E-state index contributed by atoms with van der Waals surface area (Å²) in [4.78, 5) is 34.1. The molecule has 0 aromatic carbocycles. The minimum Gasteiger partial charge on any atom is -0.373 e. The Morgan fingerprint density at radius 2 is 1.92 bits per heavy atom. The normalized spacial score (nSPS) is 31.2. The molecule has 2 amide bonds. The van der Waals surface area contributed by atoms with Gasteiger partial charge in [0.25, 0.3) is 5.92 Å². The number of nitrogens with two attached hydrogens (primary N) is 1. The van der Waals surface area contributed by atoms with Crippen molar-refractivity contribution in [3.05, 3.63) is 11.1 Å². The number of thiazole rings is 1. The van der Waals surface area contributed by atoms with Crippen molar-refractivity contribution in [2.45, 2.75) is 89.5 Å². The molecule has 2 aliphatic heterocycles. The summed E-state index contributed by atoms with van der Waals surface area (Å²) in [5.74, 6) is -2.68. The van der Waals surface area contributed by atoms with Crippen molar-refractivity contribution in [3.8, 4) is 0 Å². The fraction of sp³-hybridized carbons (Fsp3) is 0.800. The average Bonchev–Trinajstić information content (AvgIpc) is 3.26. The molecular weight excluding hydrogens is 488 g/mol. The first-order valence-electron chi connectivity index (χ1n) is 13.1. The van der Waals surface area contributed by atoms with E-state index in [1.165, 1.54) is 16.2 Å². The number of likely N-dealkylation sites (tertiary alicyclic amines) is 1. The Morgan fingerprint density at radius 3 is 2.58 bits per heavy atom. The Kier molecular flexibility index (Phi) is 8.63. The van der Waals surface area contributed by atoms with E-state index in [1.54, 1.807) is 6.20 Å². The quantitative estimate of drug-likeness (QED) is 0.562. The van der Waals surface area contributed by atoms with Gasteiger partial charge in [0.05, 0.1) is 35.7 Å². The Labute approximate surface area is 215 Å². The number of carbonyl (C=O) groups is 2. The molecule has 0 bridgehead atoms. The lowest BCUT2D eigenvalue weighted by Gasteiger charge is -2.42. The second-order valence-electron chi connectivity index (χ2n) is 11.0.